The standard InChI is InChI=1S/C17H24N4O2/c22-17(15-3-5-18-16(19-15)14-1-2-14)21-8-6-20(7-9-21)11-13-4-10-23-12-13/h3,5,13-14H,1-2,4,6-12H2. The van der Waals surface area contributed by atoms with E-state index in [1.807, 2.05) is 4.90 Å². The minimum atomic E-state index is 0.0538. The molecule has 1 aromatic heterocycles. The lowest BCUT2D eigenvalue weighted by Gasteiger charge is -2.35. The molecule has 3 heterocycles. The van der Waals surface area contributed by atoms with Crippen LogP contribution in [-0.2, 0) is 4.74 Å². The zero-order valence-corrected chi connectivity index (χ0v) is 13.5. The minimum absolute atomic E-state index is 0.0538. The van der Waals surface area contributed by atoms with E-state index in [4.69, 9.17) is 4.74 Å². The number of amides is 1. The van der Waals surface area contributed by atoms with Gasteiger partial charge in [-0.05, 0) is 31.2 Å². The summed E-state index contributed by atoms with van der Waals surface area (Å²) in [6.07, 6.45) is 5.21. The Hall–Kier alpha value is -1.53. The second-order valence-electron chi connectivity index (χ2n) is 6.90. The molecule has 1 saturated carbocycles. The summed E-state index contributed by atoms with van der Waals surface area (Å²) in [5, 5.41) is 0. The maximum absolute atomic E-state index is 12.6. The summed E-state index contributed by atoms with van der Waals surface area (Å²) < 4.78 is 5.45. The molecular formula is C17H24N4O2. The van der Waals surface area contributed by atoms with Gasteiger partial charge in [0.05, 0.1) is 6.61 Å². The monoisotopic (exact) mass is 316 g/mol. The molecule has 1 aliphatic carbocycles. The van der Waals surface area contributed by atoms with E-state index in [0.29, 0.717) is 17.5 Å². The highest BCUT2D eigenvalue weighted by Gasteiger charge is 2.29. The van der Waals surface area contributed by atoms with Crippen LogP contribution in [0.5, 0.6) is 0 Å². The Morgan fingerprint density at radius 2 is 2.04 bits per heavy atom. The molecule has 1 aromatic rings. The number of hydrogen-bond donors (Lipinski definition) is 0. The number of carbonyl (C=O) groups excluding carboxylic acids is 1. The molecule has 3 fully saturated rings. The van der Waals surface area contributed by atoms with Crippen molar-refractivity contribution in [3.8, 4) is 0 Å². The van der Waals surface area contributed by atoms with Crippen molar-refractivity contribution in [1.29, 1.82) is 0 Å². The van der Waals surface area contributed by atoms with E-state index in [2.05, 4.69) is 14.9 Å². The van der Waals surface area contributed by atoms with Crippen molar-refractivity contribution >= 4 is 5.91 Å². The molecule has 0 N–H and O–H groups in total. The summed E-state index contributed by atoms with van der Waals surface area (Å²) in [4.78, 5) is 25.8. The van der Waals surface area contributed by atoms with Crippen LogP contribution in [-0.4, -0.2) is 71.6 Å². The lowest BCUT2D eigenvalue weighted by molar-refractivity contribution is 0.0605. The normalized spacial score (nSPS) is 25.7. The highest BCUT2D eigenvalue weighted by atomic mass is 16.5. The molecule has 3 aliphatic rings. The third-order valence-corrected chi connectivity index (χ3v) is 5.04. The van der Waals surface area contributed by atoms with E-state index < -0.39 is 0 Å². The highest BCUT2D eigenvalue weighted by molar-refractivity contribution is 5.92. The average Bonchev–Trinajstić information content (AvgIpc) is 3.33. The first-order valence-electron chi connectivity index (χ1n) is 8.72. The number of carbonyl (C=O) groups is 1. The van der Waals surface area contributed by atoms with E-state index >= 15 is 0 Å². The van der Waals surface area contributed by atoms with Crippen LogP contribution < -0.4 is 0 Å². The van der Waals surface area contributed by atoms with Crippen LogP contribution in [0.3, 0.4) is 0 Å². The van der Waals surface area contributed by atoms with E-state index in [9.17, 15) is 4.79 Å². The lowest BCUT2D eigenvalue weighted by atomic mass is 10.1. The maximum atomic E-state index is 12.6. The molecule has 1 amide bonds. The third kappa shape index (κ3) is 3.53. The number of ether oxygens (including phenoxy) is 1. The van der Waals surface area contributed by atoms with Gasteiger partial charge < -0.3 is 9.64 Å². The van der Waals surface area contributed by atoms with Crippen molar-refractivity contribution in [1.82, 2.24) is 19.8 Å². The summed E-state index contributed by atoms with van der Waals surface area (Å²) >= 11 is 0. The van der Waals surface area contributed by atoms with Gasteiger partial charge in [0.15, 0.2) is 0 Å². The second kappa shape index (κ2) is 6.53. The molecule has 6 heteroatoms. The molecule has 0 aromatic carbocycles. The van der Waals surface area contributed by atoms with E-state index in [-0.39, 0.29) is 5.91 Å². The molecule has 1 atom stereocenters. The van der Waals surface area contributed by atoms with Gasteiger partial charge in [-0.2, -0.15) is 0 Å². The molecule has 1 unspecified atom stereocenters. The van der Waals surface area contributed by atoms with Gasteiger partial charge in [-0.15, -0.1) is 0 Å². The fourth-order valence-electron chi connectivity index (χ4n) is 3.42. The highest BCUT2D eigenvalue weighted by Crippen LogP contribution is 2.37. The molecule has 2 aliphatic heterocycles. The van der Waals surface area contributed by atoms with Crippen LogP contribution in [0.25, 0.3) is 0 Å². The first-order valence-corrected chi connectivity index (χ1v) is 8.72. The van der Waals surface area contributed by atoms with Crippen molar-refractivity contribution in [2.45, 2.75) is 25.2 Å². The molecule has 4 rings (SSSR count). The first-order chi connectivity index (χ1) is 11.3. The maximum Gasteiger partial charge on any atom is 0.272 e. The first kappa shape index (κ1) is 15.0. The Labute approximate surface area is 136 Å². The van der Waals surface area contributed by atoms with Gasteiger partial charge in [-0.25, -0.2) is 9.97 Å². The number of piperazine rings is 1. The Kier molecular flexibility index (Phi) is 4.27. The topological polar surface area (TPSA) is 58.6 Å². The predicted octanol–water partition coefficient (Wildman–Crippen LogP) is 1.15. The van der Waals surface area contributed by atoms with E-state index in [1.165, 1.54) is 6.42 Å². The molecule has 2 saturated heterocycles. The second-order valence-corrected chi connectivity index (χ2v) is 6.90. The van der Waals surface area contributed by atoms with Crippen LogP contribution in [0.4, 0.5) is 0 Å². The zero-order chi connectivity index (χ0) is 15.6. The average molecular weight is 316 g/mol. The smallest absolute Gasteiger partial charge is 0.272 e. The molecule has 6 nitrogen and oxygen atoms in total. The largest absolute Gasteiger partial charge is 0.381 e. The molecular weight excluding hydrogens is 292 g/mol. The van der Waals surface area contributed by atoms with Gasteiger partial charge in [0.2, 0.25) is 0 Å². The summed E-state index contributed by atoms with van der Waals surface area (Å²) in [7, 11) is 0. The Morgan fingerprint density at radius 1 is 1.22 bits per heavy atom. The van der Waals surface area contributed by atoms with E-state index in [0.717, 1.165) is 64.6 Å². The molecule has 124 valence electrons. The number of rotatable bonds is 4. The zero-order valence-electron chi connectivity index (χ0n) is 13.5. The lowest BCUT2D eigenvalue weighted by Crippen LogP contribution is -2.50. The van der Waals surface area contributed by atoms with Gasteiger partial charge in [0, 0.05) is 51.4 Å². The molecule has 0 spiro atoms. The molecule has 0 radical (unpaired) electrons. The van der Waals surface area contributed by atoms with Crippen molar-refractivity contribution in [2.24, 2.45) is 5.92 Å². The third-order valence-electron chi connectivity index (χ3n) is 5.04. The summed E-state index contributed by atoms with van der Waals surface area (Å²) in [6.45, 7) is 6.36. The fraction of sp³-hybridized carbons (Fsp3) is 0.706. The predicted molar refractivity (Wildman–Crippen MR) is 85.3 cm³/mol. The summed E-state index contributed by atoms with van der Waals surface area (Å²) in [5.41, 5.74) is 0.555. The van der Waals surface area contributed by atoms with Crippen LogP contribution >= 0.6 is 0 Å². The molecule has 23 heavy (non-hydrogen) atoms. The quantitative estimate of drug-likeness (QED) is 0.834. The minimum Gasteiger partial charge on any atom is -0.381 e. The Morgan fingerprint density at radius 3 is 2.74 bits per heavy atom. The van der Waals surface area contributed by atoms with Crippen molar-refractivity contribution in [3.05, 3.63) is 23.8 Å². The van der Waals surface area contributed by atoms with Gasteiger partial charge in [-0.1, -0.05) is 0 Å². The SMILES string of the molecule is O=C(c1ccnc(C2CC2)n1)N1CCN(CC2CCOC2)CC1. The van der Waals surface area contributed by atoms with Crippen molar-refractivity contribution in [3.63, 3.8) is 0 Å². The fourth-order valence-corrected chi connectivity index (χ4v) is 3.42. The molecule has 0 bridgehead atoms. The Bertz CT molecular complexity index is 561. The van der Waals surface area contributed by atoms with Crippen molar-refractivity contribution in [2.75, 3.05) is 45.9 Å². The summed E-state index contributed by atoms with van der Waals surface area (Å²) in [6, 6.07) is 1.75. The van der Waals surface area contributed by atoms with E-state index in [1.54, 1.807) is 12.3 Å². The number of aromatic nitrogens is 2. The van der Waals surface area contributed by atoms with Gasteiger partial charge >= 0.3 is 0 Å². The van der Waals surface area contributed by atoms with Crippen LogP contribution in [0.2, 0.25) is 0 Å². The van der Waals surface area contributed by atoms with Crippen LogP contribution in [0, 0.1) is 5.92 Å². The van der Waals surface area contributed by atoms with Crippen LogP contribution in [0.15, 0.2) is 12.3 Å². The summed E-state index contributed by atoms with van der Waals surface area (Å²) in [5.74, 6) is 2.04. The van der Waals surface area contributed by atoms with Gasteiger partial charge in [0.25, 0.3) is 5.91 Å². The van der Waals surface area contributed by atoms with Crippen LogP contribution in [0.1, 0.15) is 41.5 Å². The van der Waals surface area contributed by atoms with Gasteiger partial charge in [-0.3, -0.25) is 9.69 Å². The van der Waals surface area contributed by atoms with Crippen molar-refractivity contribution < 1.29 is 9.53 Å². The number of nitrogens with zero attached hydrogens (tertiary/aromatic N) is 4. The Balaban J connectivity index is 1.32. The van der Waals surface area contributed by atoms with Gasteiger partial charge in [0.1, 0.15) is 11.5 Å². The number of hydrogen-bond acceptors (Lipinski definition) is 5.